The van der Waals surface area contributed by atoms with E-state index in [1.807, 2.05) is 0 Å². The maximum atomic E-state index is 13.2. The van der Waals surface area contributed by atoms with Crippen molar-refractivity contribution in [2.45, 2.75) is 61.2 Å². The van der Waals surface area contributed by atoms with Crippen LogP contribution >= 0.6 is 0 Å². The average Bonchev–Trinajstić information content (AvgIpc) is 2.97. The molecule has 0 aliphatic carbocycles. The van der Waals surface area contributed by atoms with E-state index in [4.69, 9.17) is 18.6 Å². The molecule has 0 saturated carbocycles. The highest BCUT2D eigenvalue weighted by Crippen LogP contribution is 2.46. The molecule has 43 heavy (non-hydrogen) atoms. The van der Waals surface area contributed by atoms with Crippen LogP contribution in [0, 0.1) is 0 Å². The van der Waals surface area contributed by atoms with Crippen molar-refractivity contribution in [1.82, 2.24) is 0 Å². The van der Waals surface area contributed by atoms with Crippen LogP contribution in [0.1, 0.15) is 11.7 Å². The minimum Gasteiger partial charge on any atom is -0.507 e. The molecule has 234 valence electrons. The summed E-state index contributed by atoms with van der Waals surface area (Å²) < 4.78 is 22.3. The van der Waals surface area contributed by atoms with Crippen LogP contribution in [-0.2, 0) is 14.2 Å². The van der Waals surface area contributed by atoms with Gasteiger partial charge in [0.1, 0.15) is 83.2 Å². The summed E-state index contributed by atoms with van der Waals surface area (Å²) in [5, 5.41) is 113. The summed E-state index contributed by atoms with van der Waals surface area (Å²) >= 11 is 0. The summed E-state index contributed by atoms with van der Waals surface area (Å²) in [5.74, 6) is -2.67. The van der Waals surface area contributed by atoms with Gasteiger partial charge in [0.2, 0.25) is 0 Å². The van der Waals surface area contributed by atoms with E-state index in [1.54, 1.807) is 0 Å². The molecule has 2 fully saturated rings. The molecule has 3 heterocycles. The normalized spacial score (nSPS) is 33.1. The Labute approximate surface area is 241 Å². The average molecular weight is 611 g/mol. The van der Waals surface area contributed by atoms with Gasteiger partial charge in [-0.25, -0.2) is 0 Å². The van der Waals surface area contributed by atoms with Gasteiger partial charge < -0.3 is 74.8 Å². The lowest BCUT2D eigenvalue weighted by Crippen LogP contribution is -2.62. The largest absolute Gasteiger partial charge is 0.507 e. The molecular weight excluding hydrogens is 580 g/mol. The second-order valence-corrected chi connectivity index (χ2v) is 10.3. The van der Waals surface area contributed by atoms with Gasteiger partial charge in [0.15, 0.2) is 23.2 Å². The predicted molar refractivity (Wildman–Crippen MR) is 140 cm³/mol. The van der Waals surface area contributed by atoms with E-state index in [2.05, 4.69) is 0 Å². The van der Waals surface area contributed by atoms with Gasteiger partial charge in [-0.05, 0) is 18.2 Å². The fraction of sp³-hybridized carbons (Fsp3) is 0.444. The van der Waals surface area contributed by atoms with E-state index in [-0.39, 0.29) is 16.9 Å². The first-order valence-corrected chi connectivity index (χ1v) is 13.0. The zero-order valence-corrected chi connectivity index (χ0v) is 22.0. The van der Waals surface area contributed by atoms with Gasteiger partial charge in [-0.1, -0.05) is 0 Å². The Bertz CT molecular complexity index is 1540. The zero-order chi connectivity index (χ0) is 31.3. The lowest BCUT2D eigenvalue weighted by Gasteiger charge is -2.46. The molecule has 1 aromatic heterocycles. The molecule has 2 aliphatic rings. The Balaban J connectivity index is 1.59. The number of phenols is 4. The first-order chi connectivity index (χ1) is 20.4. The summed E-state index contributed by atoms with van der Waals surface area (Å²) in [6.07, 6.45) is -17.6. The lowest BCUT2D eigenvalue weighted by atomic mass is 9.89. The predicted octanol–water partition coefficient (Wildman–Crippen LogP) is -2.38. The highest BCUT2D eigenvalue weighted by Gasteiger charge is 2.52. The molecule has 0 amide bonds. The van der Waals surface area contributed by atoms with Gasteiger partial charge in [0.25, 0.3) is 0 Å². The van der Waals surface area contributed by atoms with Crippen LogP contribution in [-0.4, -0.2) is 125 Å². The summed E-state index contributed by atoms with van der Waals surface area (Å²) in [5.41, 5.74) is -1.53. The van der Waals surface area contributed by atoms with E-state index in [9.17, 15) is 61.0 Å². The topological polar surface area (TPSA) is 280 Å². The van der Waals surface area contributed by atoms with Crippen molar-refractivity contribution in [2.75, 3.05) is 13.2 Å². The van der Waals surface area contributed by atoms with Gasteiger partial charge in [-0.3, -0.25) is 4.79 Å². The number of ether oxygens (including phenoxy) is 3. The monoisotopic (exact) mass is 610 g/mol. The third kappa shape index (κ3) is 5.38. The summed E-state index contributed by atoms with van der Waals surface area (Å²) in [6, 6.07) is 5.51. The van der Waals surface area contributed by atoms with E-state index in [1.165, 1.54) is 6.07 Å². The summed E-state index contributed by atoms with van der Waals surface area (Å²) in [7, 11) is 0. The molecule has 16 heteroatoms. The molecular formula is C27H30O16. The number of hydrogen-bond acceptors (Lipinski definition) is 16. The molecule has 10 atom stereocenters. The highest BCUT2D eigenvalue weighted by atomic mass is 16.7. The highest BCUT2D eigenvalue weighted by molar-refractivity contribution is 5.88. The molecule has 11 N–H and O–H groups in total. The Morgan fingerprint density at radius 3 is 2.02 bits per heavy atom. The number of rotatable bonds is 6. The number of fused-ring (bicyclic) bond motifs is 1. The summed E-state index contributed by atoms with van der Waals surface area (Å²) in [6.45, 7) is -1.65. The number of hydrogen-bond donors (Lipinski definition) is 11. The number of benzene rings is 2. The quantitative estimate of drug-likeness (QED) is 0.130. The van der Waals surface area contributed by atoms with Crippen LogP contribution < -0.4 is 5.43 Å². The van der Waals surface area contributed by atoms with E-state index >= 15 is 0 Å². The minimum absolute atomic E-state index is 0.101. The van der Waals surface area contributed by atoms with Crippen molar-refractivity contribution < 1.29 is 74.8 Å². The minimum atomic E-state index is -1.95. The Morgan fingerprint density at radius 1 is 0.721 bits per heavy atom. The van der Waals surface area contributed by atoms with Crippen LogP contribution in [0.5, 0.6) is 23.0 Å². The van der Waals surface area contributed by atoms with Crippen molar-refractivity contribution in [3.63, 3.8) is 0 Å². The molecule has 2 aliphatic heterocycles. The van der Waals surface area contributed by atoms with Crippen molar-refractivity contribution in [1.29, 1.82) is 0 Å². The Morgan fingerprint density at radius 2 is 1.37 bits per heavy atom. The second-order valence-electron chi connectivity index (χ2n) is 10.3. The number of aromatic hydroxyl groups is 4. The van der Waals surface area contributed by atoms with Crippen LogP contribution in [0.4, 0.5) is 0 Å². The van der Waals surface area contributed by atoms with Crippen molar-refractivity contribution >= 4 is 11.0 Å². The van der Waals surface area contributed by atoms with E-state index in [0.717, 1.165) is 24.3 Å². The van der Waals surface area contributed by atoms with Crippen LogP contribution in [0.15, 0.2) is 39.5 Å². The Hall–Kier alpha value is -3.55. The van der Waals surface area contributed by atoms with Gasteiger partial charge in [-0.2, -0.15) is 0 Å². The van der Waals surface area contributed by atoms with Crippen molar-refractivity contribution in [3.8, 4) is 34.3 Å². The maximum Gasteiger partial charge on any atom is 0.197 e. The van der Waals surface area contributed by atoms with Gasteiger partial charge in [0, 0.05) is 17.7 Å². The van der Waals surface area contributed by atoms with E-state index in [0.29, 0.717) is 0 Å². The smallest absolute Gasteiger partial charge is 0.197 e. The summed E-state index contributed by atoms with van der Waals surface area (Å²) in [4.78, 5) is 13.2. The zero-order valence-electron chi connectivity index (χ0n) is 22.0. The van der Waals surface area contributed by atoms with Crippen molar-refractivity contribution in [3.05, 3.63) is 46.1 Å². The third-order valence-corrected chi connectivity index (χ3v) is 7.56. The molecule has 5 rings (SSSR count). The molecule has 16 nitrogen and oxygen atoms in total. The molecule has 0 bridgehead atoms. The number of aliphatic hydroxyl groups is 7. The molecule has 0 radical (unpaired) electrons. The van der Waals surface area contributed by atoms with Gasteiger partial charge in [-0.15, -0.1) is 0 Å². The first-order valence-electron chi connectivity index (χ1n) is 13.0. The fourth-order valence-corrected chi connectivity index (χ4v) is 5.21. The molecule has 3 aromatic rings. The van der Waals surface area contributed by atoms with Crippen LogP contribution in [0.3, 0.4) is 0 Å². The second kappa shape index (κ2) is 11.9. The first kappa shape index (κ1) is 30.9. The lowest BCUT2D eigenvalue weighted by molar-refractivity contribution is -0.342. The molecule has 0 spiro atoms. The van der Waals surface area contributed by atoms with Crippen LogP contribution in [0.25, 0.3) is 22.3 Å². The molecule has 0 unspecified atom stereocenters. The number of phenolic OH excluding ortho intramolecular Hbond substituents is 4. The Kier molecular flexibility index (Phi) is 8.52. The van der Waals surface area contributed by atoms with Crippen molar-refractivity contribution in [2.24, 2.45) is 0 Å². The number of aliphatic hydroxyl groups excluding tert-OH is 7. The van der Waals surface area contributed by atoms with Crippen LogP contribution in [0.2, 0.25) is 0 Å². The fourth-order valence-electron chi connectivity index (χ4n) is 5.21. The maximum absolute atomic E-state index is 13.2. The molecule has 2 aromatic carbocycles. The van der Waals surface area contributed by atoms with Gasteiger partial charge in [0.05, 0.1) is 18.8 Å². The third-order valence-electron chi connectivity index (χ3n) is 7.56. The standard InChI is InChI=1S/C27H30O16/c28-6-15-20(35)23(38)26(43-27-24(39)22(37)19(34)16(7-29)42-27)25(41-15)18-12(33)5-14-17(21(18)36)11(32)4-13(40-14)8-1-2-9(30)10(31)3-8/h1-5,15-16,19-20,22-31,33-39H,6-7H2/t15-,16+,19-,20-,22+,23+,24+,25+,26+,27-/m1/s1. The molecule has 2 saturated heterocycles. The van der Waals surface area contributed by atoms with Gasteiger partial charge >= 0.3 is 0 Å². The SMILES string of the molecule is O=c1cc(-c2ccc(O)c(O)c2)oc2cc(O)c([C@@H]3O[C@H](CO)[C@@H](O)[C@H](O)[C@@H]3O[C@H]3O[C@@H](CO)[C@@H](O)[C@H](O)[C@@H]3O)c(O)c12. The van der Waals surface area contributed by atoms with E-state index < -0.39 is 114 Å².